The SMILES string of the molecule is CN1C[C@@H](C(=O)N2CCN(Cc3ccc(Cl)s3)CC2)CC1=O. The first kappa shape index (κ1) is 15.8. The summed E-state index contributed by atoms with van der Waals surface area (Å²) in [4.78, 5) is 31.2. The number of rotatable bonds is 3. The normalized spacial score (nSPS) is 23.4. The van der Waals surface area contributed by atoms with Gasteiger partial charge in [0.1, 0.15) is 0 Å². The summed E-state index contributed by atoms with van der Waals surface area (Å²) in [6, 6.07) is 3.99. The molecular formula is C15H20ClN3O2S. The number of amides is 2. The molecule has 2 aliphatic heterocycles. The first-order valence-electron chi connectivity index (χ1n) is 7.52. The van der Waals surface area contributed by atoms with Crippen LogP contribution in [0.5, 0.6) is 0 Å². The summed E-state index contributed by atoms with van der Waals surface area (Å²) in [6.45, 7) is 4.68. The Morgan fingerprint density at radius 3 is 2.59 bits per heavy atom. The number of likely N-dealkylation sites (tertiary alicyclic amines) is 1. The van der Waals surface area contributed by atoms with Crippen LogP contribution >= 0.6 is 22.9 Å². The Morgan fingerprint density at radius 1 is 1.32 bits per heavy atom. The summed E-state index contributed by atoms with van der Waals surface area (Å²) in [5, 5.41) is 0. The van der Waals surface area contributed by atoms with E-state index in [0.29, 0.717) is 13.0 Å². The van der Waals surface area contributed by atoms with Crippen molar-refractivity contribution in [1.82, 2.24) is 14.7 Å². The smallest absolute Gasteiger partial charge is 0.228 e. The molecule has 2 amide bonds. The van der Waals surface area contributed by atoms with Gasteiger partial charge in [-0.05, 0) is 12.1 Å². The number of halogens is 1. The molecule has 2 saturated heterocycles. The average Bonchev–Trinajstić information content (AvgIpc) is 3.05. The van der Waals surface area contributed by atoms with E-state index < -0.39 is 0 Å². The summed E-state index contributed by atoms with van der Waals surface area (Å²) < 4.78 is 0.818. The van der Waals surface area contributed by atoms with Gasteiger partial charge in [-0.1, -0.05) is 11.6 Å². The van der Waals surface area contributed by atoms with Crippen molar-refractivity contribution in [3.8, 4) is 0 Å². The molecule has 7 heteroatoms. The molecular weight excluding hydrogens is 322 g/mol. The number of thiophene rings is 1. The summed E-state index contributed by atoms with van der Waals surface area (Å²) in [5.41, 5.74) is 0. The molecule has 1 aromatic heterocycles. The van der Waals surface area contributed by atoms with Gasteiger partial charge in [-0.15, -0.1) is 11.3 Å². The largest absolute Gasteiger partial charge is 0.345 e. The first-order chi connectivity index (χ1) is 10.5. The fraction of sp³-hybridized carbons (Fsp3) is 0.600. The maximum absolute atomic E-state index is 12.5. The molecule has 3 heterocycles. The summed E-state index contributed by atoms with van der Waals surface area (Å²) in [6.07, 6.45) is 0.364. The molecule has 1 aromatic rings. The molecule has 1 atom stereocenters. The number of nitrogens with zero attached hydrogens (tertiary/aromatic N) is 3. The van der Waals surface area contributed by atoms with Gasteiger partial charge in [-0.25, -0.2) is 0 Å². The van der Waals surface area contributed by atoms with Gasteiger partial charge < -0.3 is 9.80 Å². The summed E-state index contributed by atoms with van der Waals surface area (Å²) in [7, 11) is 1.76. The topological polar surface area (TPSA) is 43.9 Å². The van der Waals surface area contributed by atoms with Crippen LogP contribution in [-0.4, -0.2) is 66.3 Å². The zero-order valence-electron chi connectivity index (χ0n) is 12.6. The van der Waals surface area contributed by atoms with E-state index in [1.54, 1.807) is 23.3 Å². The fourth-order valence-corrected chi connectivity index (χ4v) is 4.20. The minimum Gasteiger partial charge on any atom is -0.345 e. The van der Waals surface area contributed by atoms with Crippen LogP contribution in [0.2, 0.25) is 4.34 Å². The quantitative estimate of drug-likeness (QED) is 0.837. The highest BCUT2D eigenvalue weighted by molar-refractivity contribution is 7.16. The monoisotopic (exact) mass is 341 g/mol. The van der Waals surface area contributed by atoms with Crippen LogP contribution in [0.1, 0.15) is 11.3 Å². The van der Waals surface area contributed by atoms with Gasteiger partial charge in [0, 0.05) is 57.6 Å². The van der Waals surface area contributed by atoms with Crippen LogP contribution in [0.25, 0.3) is 0 Å². The van der Waals surface area contributed by atoms with Crippen molar-refractivity contribution in [2.75, 3.05) is 39.8 Å². The van der Waals surface area contributed by atoms with Gasteiger partial charge in [0.15, 0.2) is 0 Å². The van der Waals surface area contributed by atoms with Gasteiger partial charge in [-0.3, -0.25) is 14.5 Å². The van der Waals surface area contributed by atoms with E-state index in [-0.39, 0.29) is 17.7 Å². The highest BCUT2D eigenvalue weighted by Gasteiger charge is 2.35. The zero-order valence-corrected chi connectivity index (χ0v) is 14.2. The molecule has 0 N–H and O–H groups in total. The Morgan fingerprint density at radius 2 is 2.05 bits per heavy atom. The van der Waals surface area contributed by atoms with E-state index >= 15 is 0 Å². The summed E-state index contributed by atoms with van der Waals surface area (Å²) >= 11 is 7.56. The number of hydrogen-bond acceptors (Lipinski definition) is 4. The second kappa shape index (κ2) is 6.56. The molecule has 0 saturated carbocycles. The predicted octanol–water partition coefficient (Wildman–Crippen LogP) is 1.52. The van der Waals surface area contributed by atoms with Gasteiger partial charge in [0.25, 0.3) is 0 Å². The van der Waals surface area contributed by atoms with Crippen molar-refractivity contribution in [2.45, 2.75) is 13.0 Å². The Hall–Kier alpha value is -1.11. The zero-order chi connectivity index (χ0) is 15.7. The molecule has 0 aromatic carbocycles. The summed E-state index contributed by atoms with van der Waals surface area (Å²) in [5.74, 6) is 0.0585. The molecule has 120 valence electrons. The average molecular weight is 342 g/mol. The van der Waals surface area contributed by atoms with Crippen molar-refractivity contribution >= 4 is 34.8 Å². The Bertz CT molecular complexity index is 569. The Labute approximate surface area is 139 Å². The van der Waals surface area contributed by atoms with Gasteiger partial charge >= 0.3 is 0 Å². The van der Waals surface area contributed by atoms with Crippen LogP contribution in [0, 0.1) is 5.92 Å². The molecule has 2 fully saturated rings. The highest BCUT2D eigenvalue weighted by Crippen LogP contribution is 2.24. The van der Waals surface area contributed by atoms with Crippen LogP contribution in [0.3, 0.4) is 0 Å². The Balaban J connectivity index is 1.49. The van der Waals surface area contributed by atoms with E-state index in [0.717, 1.165) is 37.1 Å². The molecule has 5 nitrogen and oxygen atoms in total. The van der Waals surface area contributed by atoms with Crippen LogP contribution in [0.4, 0.5) is 0 Å². The van der Waals surface area contributed by atoms with E-state index in [4.69, 9.17) is 11.6 Å². The Kier molecular flexibility index (Phi) is 4.70. The molecule has 0 spiro atoms. The van der Waals surface area contributed by atoms with Crippen LogP contribution < -0.4 is 0 Å². The van der Waals surface area contributed by atoms with E-state index in [2.05, 4.69) is 11.0 Å². The minimum absolute atomic E-state index is 0.0755. The lowest BCUT2D eigenvalue weighted by Gasteiger charge is -2.35. The third-order valence-corrected chi connectivity index (χ3v) is 5.60. The lowest BCUT2D eigenvalue weighted by molar-refractivity contribution is -0.137. The molecule has 0 radical (unpaired) electrons. The number of carbonyl (C=O) groups excluding carboxylic acids is 2. The molecule has 0 aliphatic carbocycles. The maximum Gasteiger partial charge on any atom is 0.228 e. The second-order valence-corrected chi connectivity index (χ2v) is 7.78. The molecule has 2 aliphatic rings. The maximum atomic E-state index is 12.5. The fourth-order valence-electron chi connectivity index (χ4n) is 3.07. The molecule has 3 rings (SSSR count). The van der Waals surface area contributed by atoms with Gasteiger partial charge in [0.2, 0.25) is 11.8 Å². The van der Waals surface area contributed by atoms with Crippen LogP contribution in [-0.2, 0) is 16.1 Å². The highest BCUT2D eigenvalue weighted by atomic mass is 35.5. The lowest BCUT2D eigenvalue weighted by Crippen LogP contribution is -2.50. The third kappa shape index (κ3) is 3.45. The number of carbonyl (C=O) groups is 2. The van der Waals surface area contributed by atoms with Crippen molar-refractivity contribution in [1.29, 1.82) is 0 Å². The third-order valence-electron chi connectivity index (χ3n) is 4.38. The van der Waals surface area contributed by atoms with E-state index in [1.165, 1.54) is 4.88 Å². The lowest BCUT2D eigenvalue weighted by atomic mass is 10.1. The predicted molar refractivity (Wildman–Crippen MR) is 86.9 cm³/mol. The van der Waals surface area contributed by atoms with Crippen LogP contribution in [0.15, 0.2) is 12.1 Å². The van der Waals surface area contributed by atoms with Crippen molar-refractivity contribution in [3.05, 3.63) is 21.3 Å². The molecule has 0 unspecified atom stereocenters. The van der Waals surface area contributed by atoms with E-state index in [9.17, 15) is 9.59 Å². The second-order valence-electron chi connectivity index (χ2n) is 5.98. The van der Waals surface area contributed by atoms with Crippen molar-refractivity contribution in [2.24, 2.45) is 5.92 Å². The van der Waals surface area contributed by atoms with Gasteiger partial charge in [-0.2, -0.15) is 0 Å². The molecule has 22 heavy (non-hydrogen) atoms. The molecule has 0 bridgehead atoms. The first-order valence-corrected chi connectivity index (χ1v) is 8.71. The van der Waals surface area contributed by atoms with Crippen molar-refractivity contribution < 1.29 is 9.59 Å². The van der Waals surface area contributed by atoms with Gasteiger partial charge in [0.05, 0.1) is 10.3 Å². The standard InChI is InChI=1S/C15H20ClN3O2S/c1-17-9-11(8-14(17)20)15(21)19-6-4-18(5-7-19)10-12-2-3-13(16)22-12/h2-3,11H,4-10H2,1H3/t11-/m0/s1. The minimum atomic E-state index is -0.153. The number of piperazine rings is 1. The van der Waals surface area contributed by atoms with E-state index in [1.807, 2.05) is 11.0 Å². The number of hydrogen-bond donors (Lipinski definition) is 0. The van der Waals surface area contributed by atoms with Crippen molar-refractivity contribution in [3.63, 3.8) is 0 Å².